The van der Waals surface area contributed by atoms with Crippen LogP contribution in [0, 0.1) is 0 Å². The molecular formula is C35H46N6O8S2. The predicted octanol–water partition coefficient (Wildman–Crippen LogP) is 3.82. The second-order valence-electron chi connectivity index (χ2n) is 12.6. The Bertz CT molecular complexity index is 2110. The van der Waals surface area contributed by atoms with Crippen molar-refractivity contribution in [2.45, 2.75) is 60.8 Å². The maximum atomic E-state index is 13.5. The van der Waals surface area contributed by atoms with E-state index in [1.807, 2.05) is 37.2 Å². The van der Waals surface area contributed by atoms with Gasteiger partial charge in [0.1, 0.15) is 6.04 Å². The van der Waals surface area contributed by atoms with Crippen LogP contribution in [-0.4, -0.2) is 79.8 Å². The third-order valence-electron chi connectivity index (χ3n) is 8.71. The van der Waals surface area contributed by atoms with Gasteiger partial charge in [0.15, 0.2) is 0 Å². The fourth-order valence-corrected chi connectivity index (χ4v) is 9.10. The van der Waals surface area contributed by atoms with Crippen LogP contribution in [0.3, 0.4) is 0 Å². The zero-order valence-electron chi connectivity index (χ0n) is 29.3. The van der Waals surface area contributed by atoms with Crippen LogP contribution in [0.15, 0.2) is 76.5 Å². The number of hydrogen-bond acceptors (Lipinski definition) is 10. The number of nitrogens with zero attached hydrogens (tertiary/aromatic N) is 2. The van der Waals surface area contributed by atoms with Gasteiger partial charge in [-0.2, -0.15) is 4.72 Å². The lowest BCUT2D eigenvalue weighted by atomic mass is 9.89. The van der Waals surface area contributed by atoms with Gasteiger partial charge in [-0.15, -0.1) is 0 Å². The quantitative estimate of drug-likeness (QED) is 0.0526. The molecule has 4 aromatic rings. The molecule has 0 spiro atoms. The lowest BCUT2D eigenvalue weighted by molar-refractivity contribution is -0.131. The largest absolute Gasteiger partial charge is 0.377 e. The Morgan fingerprint density at radius 1 is 0.686 bits per heavy atom. The van der Waals surface area contributed by atoms with Crippen LogP contribution in [0.5, 0.6) is 0 Å². The summed E-state index contributed by atoms with van der Waals surface area (Å²) < 4.78 is 58.9. The average molecular weight is 743 g/mol. The molecule has 2 unspecified atom stereocenters. The van der Waals surface area contributed by atoms with Crippen molar-refractivity contribution in [1.82, 2.24) is 20.4 Å². The van der Waals surface area contributed by atoms with E-state index in [2.05, 4.69) is 9.44 Å². The first-order chi connectivity index (χ1) is 24.2. The summed E-state index contributed by atoms with van der Waals surface area (Å²) in [6.07, 6.45) is 1.68. The van der Waals surface area contributed by atoms with Crippen LogP contribution in [0.2, 0.25) is 0 Å². The van der Waals surface area contributed by atoms with E-state index in [0.29, 0.717) is 46.7 Å². The third kappa shape index (κ3) is 8.77. The summed E-state index contributed by atoms with van der Waals surface area (Å²) in [4.78, 5) is 29.0. The summed E-state index contributed by atoms with van der Waals surface area (Å²) in [5.41, 5.74) is 5.22. The Labute approximate surface area is 298 Å². The predicted molar refractivity (Wildman–Crippen MR) is 197 cm³/mol. The number of unbranched alkanes of at least 4 members (excludes halogenated alkanes) is 1. The summed E-state index contributed by atoms with van der Waals surface area (Å²) in [7, 11) is -0.829. The van der Waals surface area contributed by atoms with Crippen LogP contribution >= 0.6 is 0 Å². The van der Waals surface area contributed by atoms with Gasteiger partial charge in [-0.1, -0.05) is 68.3 Å². The average Bonchev–Trinajstić information content (AvgIpc) is 3.10. The second kappa shape index (κ2) is 16.8. The number of rotatable bonds is 17. The summed E-state index contributed by atoms with van der Waals surface area (Å²) in [5, 5.41) is 21.1. The first-order valence-electron chi connectivity index (χ1n) is 16.5. The van der Waals surface area contributed by atoms with Crippen molar-refractivity contribution in [3.8, 4) is 0 Å². The Kier molecular flexibility index (Phi) is 13.0. The topological polar surface area (TPSA) is 197 Å². The van der Waals surface area contributed by atoms with Crippen molar-refractivity contribution in [3.05, 3.63) is 72.3 Å². The Morgan fingerprint density at radius 3 is 1.88 bits per heavy atom. The maximum Gasteiger partial charge on any atom is 0.261 e. The van der Waals surface area contributed by atoms with E-state index in [0.717, 1.165) is 11.1 Å². The molecule has 0 aliphatic rings. The molecule has 0 saturated carbocycles. The molecule has 6 N–H and O–H groups in total. The molecule has 2 atom stereocenters. The monoisotopic (exact) mass is 742 g/mol. The minimum atomic E-state index is -4.25. The molecule has 0 saturated heterocycles. The number of amides is 2. The number of nitrogens with one attached hydrogen (secondary N) is 4. The minimum absolute atomic E-state index is 0.0962. The molecule has 4 rings (SSSR count). The van der Waals surface area contributed by atoms with Gasteiger partial charge in [0.2, 0.25) is 20.0 Å². The van der Waals surface area contributed by atoms with Crippen LogP contribution < -0.4 is 30.2 Å². The zero-order valence-corrected chi connectivity index (χ0v) is 30.9. The zero-order chi connectivity index (χ0) is 37.5. The molecule has 16 heteroatoms. The fraction of sp³-hybridized carbons (Fsp3) is 0.371. The van der Waals surface area contributed by atoms with Gasteiger partial charge in [0.05, 0.1) is 15.7 Å². The highest BCUT2D eigenvalue weighted by Gasteiger charge is 2.29. The van der Waals surface area contributed by atoms with E-state index in [4.69, 9.17) is 5.21 Å². The molecule has 276 valence electrons. The standard InChI is InChI=1S/C35H46N6O8S2/c1-6-12-29(35(43)38-45)39-51(48,49)32-19-11-16-26-25(32)20-21-27(33(26)41(4)5)28(34(42)37-44)13-7-8-22-36-50(46,47)31-18-10-14-23-24(31)15-9-17-30(23)40(2)3/h9-11,14-21,28-29,36,39,44-45H,6-8,12-13,22H2,1-5H3,(H,37,42)(H,38,43). The molecular weight excluding hydrogens is 697 g/mol. The molecule has 4 aromatic carbocycles. The number of carbonyl (C=O) groups excluding carboxylic acids is 2. The van der Waals surface area contributed by atoms with E-state index in [9.17, 15) is 31.6 Å². The summed E-state index contributed by atoms with van der Waals surface area (Å²) in [6, 6.07) is 17.3. The highest BCUT2D eigenvalue weighted by Crippen LogP contribution is 2.39. The van der Waals surface area contributed by atoms with Crippen LogP contribution in [0.4, 0.5) is 11.4 Å². The van der Waals surface area contributed by atoms with Gasteiger partial charge in [0, 0.05) is 67.7 Å². The molecule has 0 radical (unpaired) electrons. The normalized spacial score (nSPS) is 13.2. The van der Waals surface area contributed by atoms with Gasteiger partial charge in [0.25, 0.3) is 11.8 Å². The van der Waals surface area contributed by atoms with E-state index in [1.165, 1.54) is 11.5 Å². The summed E-state index contributed by atoms with van der Waals surface area (Å²) in [5.74, 6) is -2.42. The van der Waals surface area contributed by atoms with E-state index in [-0.39, 0.29) is 29.2 Å². The minimum Gasteiger partial charge on any atom is -0.377 e. The maximum absolute atomic E-state index is 13.5. The van der Waals surface area contributed by atoms with Gasteiger partial charge in [-0.3, -0.25) is 20.0 Å². The van der Waals surface area contributed by atoms with E-state index < -0.39 is 43.8 Å². The highest BCUT2D eigenvalue weighted by molar-refractivity contribution is 7.90. The molecule has 14 nitrogen and oxygen atoms in total. The molecule has 0 aliphatic heterocycles. The van der Waals surface area contributed by atoms with Crippen molar-refractivity contribution in [1.29, 1.82) is 0 Å². The first-order valence-corrected chi connectivity index (χ1v) is 19.5. The second-order valence-corrected chi connectivity index (χ2v) is 16.1. The van der Waals surface area contributed by atoms with E-state index >= 15 is 0 Å². The van der Waals surface area contributed by atoms with Crippen molar-refractivity contribution < 1.29 is 36.8 Å². The lowest BCUT2D eigenvalue weighted by Crippen LogP contribution is -2.45. The van der Waals surface area contributed by atoms with Gasteiger partial charge < -0.3 is 9.80 Å². The lowest BCUT2D eigenvalue weighted by Gasteiger charge is -2.26. The number of anilines is 2. The Morgan fingerprint density at radius 2 is 1.27 bits per heavy atom. The number of hydroxylamine groups is 2. The van der Waals surface area contributed by atoms with Gasteiger partial charge in [-0.25, -0.2) is 32.5 Å². The number of hydrogen-bond donors (Lipinski definition) is 6. The van der Waals surface area contributed by atoms with Crippen molar-refractivity contribution in [3.63, 3.8) is 0 Å². The van der Waals surface area contributed by atoms with Crippen molar-refractivity contribution in [2.75, 3.05) is 44.5 Å². The Hall–Kier alpha value is -4.32. The molecule has 0 bridgehead atoms. The molecule has 2 amide bonds. The van der Waals surface area contributed by atoms with Crippen molar-refractivity contribution in [2.24, 2.45) is 0 Å². The fourth-order valence-electron chi connectivity index (χ4n) is 6.36. The Balaban J connectivity index is 1.58. The third-order valence-corrected chi connectivity index (χ3v) is 11.8. The van der Waals surface area contributed by atoms with Gasteiger partial charge in [-0.05, 0) is 43.0 Å². The summed E-state index contributed by atoms with van der Waals surface area (Å²) >= 11 is 0. The van der Waals surface area contributed by atoms with Gasteiger partial charge >= 0.3 is 0 Å². The number of fused-ring (bicyclic) bond motifs is 2. The molecule has 0 aromatic heterocycles. The molecule has 0 aliphatic carbocycles. The smallest absolute Gasteiger partial charge is 0.261 e. The van der Waals surface area contributed by atoms with Crippen molar-refractivity contribution >= 4 is 64.8 Å². The van der Waals surface area contributed by atoms with Crippen LogP contribution in [-0.2, 0) is 29.6 Å². The first kappa shape index (κ1) is 39.5. The van der Waals surface area contributed by atoms with Crippen LogP contribution in [0.1, 0.15) is 50.5 Å². The number of sulfonamides is 2. The number of benzene rings is 4. The molecule has 51 heavy (non-hydrogen) atoms. The highest BCUT2D eigenvalue weighted by atomic mass is 32.2. The SMILES string of the molecule is CCCC(NS(=O)(=O)c1cccc2c(N(C)C)c(C(CCCCNS(=O)(=O)c3cccc4c(N(C)C)cccc34)C(=O)NO)ccc12)C(=O)NO. The van der Waals surface area contributed by atoms with E-state index in [1.54, 1.807) is 73.9 Å². The molecule has 0 heterocycles. The molecule has 0 fully saturated rings. The van der Waals surface area contributed by atoms with Crippen LogP contribution in [0.25, 0.3) is 21.5 Å². The summed E-state index contributed by atoms with van der Waals surface area (Å²) in [6.45, 7) is 1.89. The number of carbonyl (C=O) groups is 2.